The maximum absolute atomic E-state index is 13.4. The molecule has 2 aromatic heterocycles. The third-order valence-electron chi connectivity index (χ3n) is 7.82. The average molecular weight is 518 g/mol. The van der Waals surface area contributed by atoms with Crippen LogP contribution in [0.5, 0.6) is 0 Å². The number of para-hydroxylation sites is 2. The molecular formula is C33H35N5O. The molecule has 1 saturated carbocycles. The van der Waals surface area contributed by atoms with Crippen LogP contribution in [0.25, 0.3) is 21.8 Å². The van der Waals surface area contributed by atoms with Gasteiger partial charge >= 0.3 is 0 Å². The molecular weight excluding hydrogens is 482 g/mol. The zero-order valence-corrected chi connectivity index (χ0v) is 22.6. The normalized spacial score (nSPS) is 17.3. The first-order valence-electron chi connectivity index (χ1n) is 13.8. The third-order valence-corrected chi connectivity index (χ3v) is 7.82. The monoisotopic (exact) mass is 517 g/mol. The molecule has 0 bridgehead atoms. The fourth-order valence-electron chi connectivity index (χ4n) is 5.79. The van der Waals surface area contributed by atoms with Crippen molar-refractivity contribution in [2.45, 2.75) is 44.3 Å². The predicted octanol–water partition coefficient (Wildman–Crippen LogP) is 6.46. The highest BCUT2D eigenvalue weighted by Gasteiger charge is 2.25. The van der Waals surface area contributed by atoms with Gasteiger partial charge in [-0.2, -0.15) is 0 Å². The molecule has 3 aromatic carbocycles. The van der Waals surface area contributed by atoms with E-state index in [2.05, 4.69) is 88.8 Å². The number of carbonyl (C=O) groups excluding carboxylic acids is 1. The standard InChI is InChI=1S/C33H35N5O/c1-37(2)31-20-32(36-29-14-8-6-13-27(29)31)34-24-16-18-25(19-17-24)35-33(39)28-22-38(21-23-10-4-3-5-11-23)30-15-9-7-12-26(28)30/h3-15,20,22,24-25H,16-19,21H2,1-2H3,(H,34,36)(H,35,39). The summed E-state index contributed by atoms with van der Waals surface area (Å²) in [5.74, 6) is 0.928. The number of anilines is 2. The topological polar surface area (TPSA) is 62.2 Å². The highest BCUT2D eigenvalue weighted by atomic mass is 16.1. The summed E-state index contributed by atoms with van der Waals surface area (Å²) < 4.78 is 2.18. The Morgan fingerprint density at radius 1 is 0.872 bits per heavy atom. The van der Waals surface area contributed by atoms with Gasteiger partial charge in [0, 0.05) is 67.0 Å². The smallest absolute Gasteiger partial charge is 0.253 e. The quantitative estimate of drug-likeness (QED) is 0.260. The van der Waals surface area contributed by atoms with Crippen LogP contribution in [0.2, 0.25) is 0 Å². The summed E-state index contributed by atoms with van der Waals surface area (Å²) in [4.78, 5) is 20.4. The molecule has 1 aliphatic carbocycles. The van der Waals surface area contributed by atoms with Crippen molar-refractivity contribution >= 4 is 39.2 Å². The van der Waals surface area contributed by atoms with Crippen LogP contribution in [0.15, 0.2) is 91.1 Å². The molecule has 6 rings (SSSR count). The summed E-state index contributed by atoms with van der Waals surface area (Å²) in [5.41, 5.74) is 5.21. The maximum atomic E-state index is 13.4. The van der Waals surface area contributed by atoms with Crippen molar-refractivity contribution in [2.24, 2.45) is 0 Å². The molecule has 0 radical (unpaired) electrons. The zero-order chi connectivity index (χ0) is 26.8. The van der Waals surface area contributed by atoms with Crippen molar-refractivity contribution in [1.82, 2.24) is 14.9 Å². The lowest BCUT2D eigenvalue weighted by Gasteiger charge is -2.30. The summed E-state index contributed by atoms with van der Waals surface area (Å²) in [6, 6.07) is 29.5. The number of nitrogens with one attached hydrogen (secondary N) is 2. The Hall–Kier alpha value is -4.32. The van der Waals surface area contributed by atoms with Gasteiger partial charge in [-0.25, -0.2) is 4.98 Å². The first-order valence-corrected chi connectivity index (χ1v) is 13.8. The Morgan fingerprint density at radius 3 is 2.31 bits per heavy atom. The predicted molar refractivity (Wildman–Crippen MR) is 161 cm³/mol. The van der Waals surface area contributed by atoms with Crippen molar-refractivity contribution in [2.75, 3.05) is 24.3 Å². The van der Waals surface area contributed by atoms with Gasteiger partial charge in [0.05, 0.1) is 11.1 Å². The molecule has 0 unspecified atom stereocenters. The fourth-order valence-corrected chi connectivity index (χ4v) is 5.79. The SMILES string of the molecule is CN(C)c1cc(NC2CCC(NC(=O)c3cn(Cc4ccccc4)c4ccccc34)CC2)nc2ccccc12. The number of nitrogens with zero attached hydrogens (tertiary/aromatic N) is 3. The first kappa shape index (κ1) is 25.0. The second-order valence-electron chi connectivity index (χ2n) is 10.8. The first-order chi connectivity index (χ1) is 19.0. The molecule has 0 aliphatic heterocycles. The summed E-state index contributed by atoms with van der Waals surface area (Å²) in [5, 5.41) is 9.16. The number of amides is 1. The van der Waals surface area contributed by atoms with Crippen molar-refractivity contribution in [3.63, 3.8) is 0 Å². The number of rotatable bonds is 7. The molecule has 0 spiro atoms. The van der Waals surface area contributed by atoms with Gasteiger partial charge in [0.15, 0.2) is 0 Å². The van der Waals surface area contributed by atoms with Crippen LogP contribution in [-0.4, -0.2) is 41.6 Å². The van der Waals surface area contributed by atoms with Gasteiger partial charge in [-0.15, -0.1) is 0 Å². The van der Waals surface area contributed by atoms with E-state index in [0.29, 0.717) is 6.04 Å². The van der Waals surface area contributed by atoms with Crippen LogP contribution in [0.4, 0.5) is 11.5 Å². The fraction of sp³-hybridized carbons (Fsp3) is 0.273. The summed E-state index contributed by atoms with van der Waals surface area (Å²) in [6.45, 7) is 0.740. The van der Waals surface area contributed by atoms with Gasteiger partial charge < -0.3 is 20.1 Å². The lowest BCUT2D eigenvalue weighted by atomic mass is 9.91. The van der Waals surface area contributed by atoms with E-state index in [1.807, 2.05) is 36.5 Å². The number of hydrogen-bond donors (Lipinski definition) is 2. The van der Waals surface area contributed by atoms with Gasteiger partial charge in [0.25, 0.3) is 5.91 Å². The van der Waals surface area contributed by atoms with E-state index in [-0.39, 0.29) is 11.9 Å². The molecule has 1 fully saturated rings. The molecule has 198 valence electrons. The van der Waals surface area contributed by atoms with E-state index in [1.54, 1.807) is 0 Å². The molecule has 6 heteroatoms. The molecule has 0 atom stereocenters. The van der Waals surface area contributed by atoms with Crippen molar-refractivity contribution in [1.29, 1.82) is 0 Å². The molecule has 0 saturated heterocycles. The van der Waals surface area contributed by atoms with E-state index in [1.165, 1.54) is 5.56 Å². The van der Waals surface area contributed by atoms with Crippen LogP contribution >= 0.6 is 0 Å². The summed E-state index contributed by atoms with van der Waals surface area (Å²) in [7, 11) is 4.14. The molecule has 2 heterocycles. The zero-order valence-electron chi connectivity index (χ0n) is 22.6. The minimum atomic E-state index is 0.0150. The van der Waals surface area contributed by atoms with E-state index in [4.69, 9.17) is 4.98 Å². The van der Waals surface area contributed by atoms with Gasteiger partial charge in [-0.1, -0.05) is 66.7 Å². The number of aromatic nitrogens is 2. The lowest BCUT2D eigenvalue weighted by Crippen LogP contribution is -2.40. The molecule has 2 N–H and O–H groups in total. The van der Waals surface area contributed by atoms with Gasteiger partial charge in [-0.3, -0.25) is 4.79 Å². The maximum Gasteiger partial charge on any atom is 0.253 e. The van der Waals surface area contributed by atoms with E-state index in [9.17, 15) is 4.79 Å². The molecule has 5 aromatic rings. The van der Waals surface area contributed by atoms with Crippen LogP contribution in [0, 0.1) is 0 Å². The Balaban J connectivity index is 1.11. The van der Waals surface area contributed by atoms with Gasteiger partial charge in [0.2, 0.25) is 0 Å². The Labute approximate surface area is 229 Å². The number of benzene rings is 3. The Bertz CT molecular complexity index is 1600. The van der Waals surface area contributed by atoms with Crippen LogP contribution in [0.3, 0.4) is 0 Å². The molecule has 39 heavy (non-hydrogen) atoms. The largest absolute Gasteiger partial charge is 0.377 e. The summed E-state index contributed by atoms with van der Waals surface area (Å²) >= 11 is 0. The minimum Gasteiger partial charge on any atom is -0.377 e. The Morgan fingerprint density at radius 2 is 1.54 bits per heavy atom. The van der Waals surface area contributed by atoms with Crippen LogP contribution in [-0.2, 0) is 6.54 Å². The molecule has 1 amide bonds. The second kappa shape index (κ2) is 10.8. The number of carbonyl (C=O) groups is 1. The van der Waals surface area contributed by atoms with Crippen molar-refractivity contribution in [3.8, 4) is 0 Å². The second-order valence-corrected chi connectivity index (χ2v) is 10.8. The number of pyridine rings is 1. The summed E-state index contributed by atoms with van der Waals surface area (Å²) in [6.07, 6.45) is 5.88. The van der Waals surface area contributed by atoms with Crippen molar-refractivity contribution < 1.29 is 4.79 Å². The van der Waals surface area contributed by atoms with Gasteiger partial charge in [0.1, 0.15) is 5.82 Å². The average Bonchev–Trinajstić information content (AvgIpc) is 3.32. The van der Waals surface area contributed by atoms with Crippen LogP contribution < -0.4 is 15.5 Å². The van der Waals surface area contributed by atoms with Crippen molar-refractivity contribution in [3.05, 3.63) is 102 Å². The van der Waals surface area contributed by atoms with Gasteiger partial charge in [-0.05, 0) is 43.4 Å². The minimum absolute atomic E-state index is 0.0150. The number of fused-ring (bicyclic) bond motifs is 2. The lowest BCUT2D eigenvalue weighted by molar-refractivity contribution is 0.0928. The molecule has 1 aliphatic rings. The van der Waals surface area contributed by atoms with Crippen LogP contribution in [0.1, 0.15) is 41.6 Å². The van der Waals surface area contributed by atoms with E-state index >= 15 is 0 Å². The third kappa shape index (κ3) is 5.32. The number of hydrogen-bond acceptors (Lipinski definition) is 4. The highest BCUT2D eigenvalue weighted by Crippen LogP contribution is 2.30. The van der Waals surface area contributed by atoms with E-state index in [0.717, 1.165) is 71.1 Å². The Kier molecular flexibility index (Phi) is 6.93. The van der Waals surface area contributed by atoms with E-state index < -0.39 is 0 Å². The molecule has 6 nitrogen and oxygen atoms in total. The highest BCUT2D eigenvalue weighted by molar-refractivity contribution is 6.07.